The summed E-state index contributed by atoms with van der Waals surface area (Å²) in [7, 11) is 0. The molecular weight excluding hydrogens is 252 g/mol. The van der Waals surface area contributed by atoms with Crippen LogP contribution in [0.15, 0.2) is 30.3 Å². The molecule has 0 amide bonds. The fourth-order valence-corrected chi connectivity index (χ4v) is 1.52. The maximum absolute atomic E-state index is 11.5. The lowest BCUT2D eigenvalue weighted by Gasteiger charge is -2.07. The number of ketones is 1. The van der Waals surface area contributed by atoms with E-state index < -0.39 is 11.9 Å². The lowest BCUT2D eigenvalue weighted by atomic mass is 10.0. The Morgan fingerprint density at radius 2 is 1.94 bits per heavy atom. The van der Waals surface area contributed by atoms with E-state index in [9.17, 15) is 9.59 Å². The van der Waals surface area contributed by atoms with Gasteiger partial charge in [-0.3, -0.25) is 9.59 Å². The van der Waals surface area contributed by atoms with Crippen molar-refractivity contribution in [2.45, 2.75) is 13.8 Å². The van der Waals surface area contributed by atoms with Gasteiger partial charge in [-0.1, -0.05) is 35.9 Å². The zero-order chi connectivity index (χ0) is 13.5. The van der Waals surface area contributed by atoms with Crippen molar-refractivity contribution in [2.75, 3.05) is 6.61 Å². The zero-order valence-electron chi connectivity index (χ0n) is 10.4. The molecule has 0 aliphatic heterocycles. The Morgan fingerprint density at radius 1 is 1.33 bits per heavy atom. The molecule has 0 aromatic heterocycles. The summed E-state index contributed by atoms with van der Waals surface area (Å²) in [5.74, 6) is -1.60. The van der Waals surface area contributed by atoms with E-state index in [-0.39, 0.29) is 12.4 Å². The van der Waals surface area contributed by atoms with Crippen LogP contribution in [0.25, 0.3) is 6.08 Å². The maximum atomic E-state index is 11.5. The summed E-state index contributed by atoms with van der Waals surface area (Å²) in [5.41, 5.74) is 0.870. The molecule has 4 heteroatoms. The van der Waals surface area contributed by atoms with Crippen molar-refractivity contribution in [3.8, 4) is 0 Å². The monoisotopic (exact) mass is 266 g/mol. The molecule has 18 heavy (non-hydrogen) atoms. The Morgan fingerprint density at radius 3 is 2.44 bits per heavy atom. The number of halogens is 1. The number of Topliss-reactive ketones (excluding diaryl/α,β-unsaturated/α-hetero) is 1. The Balaban J connectivity index is 2.80. The molecule has 0 heterocycles. The van der Waals surface area contributed by atoms with E-state index in [0.29, 0.717) is 5.02 Å². The van der Waals surface area contributed by atoms with Crippen molar-refractivity contribution in [3.63, 3.8) is 0 Å². The first-order valence-electron chi connectivity index (χ1n) is 5.65. The number of hydrogen-bond donors (Lipinski definition) is 0. The van der Waals surface area contributed by atoms with Gasteiger partial charge in [0.1, 0.15) is 11.7 Å². The number of esters is 1. The molecule has 1 unspecified atom stereocenters. The number of benzene rings is 1. The van der Waals surface area contributed by atoms with Crippen LogP contribution in [0.5, 0.6) is 0 Å². The third kappa shape index (κ3) is 4.34. The first-order valence-corrected chi connectivity index (χ1v) is 6.03. The van der Waals surface area contributed by atoms with Gasteiger partial charge in [-0.15, -0.1) is 0 Å². The number of ether oxygens (including phenoxy) is 1. The van der Waals surface area contributed by atoms with Crippen molar-refractivity contribution in [1.82, 2.24) is 0 Å². The van der Waals surface area contributed by atoms with Crippen molar-refractivity contribution < 1.29 is 14.3 Å². The summed E-state index contributed by atoms with van der Waals surface area (Å²) in [6.07, 6.45) is 3.25. The van der Waals surface area contributed by atoms with Gasteiger partial charge in [0.05, 0.1) is 6.61 Å². The summed E-state index contributed by atoms with van der Waals surface area (Å²) in [4.78, 5) is 22.9. The van der Waals surface area contributed by atoms with Gasteiger partial charge in [0.15, 0.2) is 0 Å². The second-order valence-electron chi connectivity index (χ2n) is 3.75. The Labute approximate surface area is 111 Å². The minimum Gasteiger partial charge on any atom is -0.465 e. The van der Waals surface area contributed by atoms with Crippen LogP contribution in [0.4, 0.5) is 0 Å². The fraction of sp³-hybridized carbons (Fsp3) is 0.286. The molecule has 1 rings (SSSR count). The Hall–Kier alpha value is -1.61. The Bertz CT molecular complexity index is 449. The van der Waals surface area contributed by atoms with Crippen LogP contribution in [-0.2, 0) is 14.3 Å². The van der Waals surface area contributed by atoms with Gasteiger partial charge in [0.2, 0.25) is 0 Å². The van der Waals surface area contributed by atoms with Crippen molar-refractivity contribution in [3.05, 3.63) is 40.9 Å². The molecule has 1 atom stereocenters. The first kappa shape index (κ1) is 14.5. The minimum atomic E-state index is -0.847. The fourth-order valence-electron chi connectivity index (χ4n) is 1.39. The van der Waals surface area contributed by atoms with Crippen molar-refractivity contribution >= 4 is 29.4 Å². The second-order valence-corrected chi connectivity index (χ2v) is 4.19. The number of rotatable bonds is 5. The van der Waals surface area contributed by atoms with E-state index in [4.69, 9.17) is 16.3 Å². The minimum absolute atomic E-state index is 0.237. The summed E-state index contributed by atoms with van der Waals surface area (Å²) in [6, 6.07) is 7.10. The van der Waals surface area contributed by atoms with Crippen LogP contribution < -0.4 is 0 Å². The molecule has 3 nitrogen and oxygen atoms in total. The topological polar surface area (TPSA) is 43.4 Å². The lowest BCUT2D eigenvalue weighted by Crippen LogP contribution is -2.22. The third-order valence-corrected chi connectivity index (χ3v) is 2.58. The lowest BCUT2D eigenvalue weighted by molar-refractivity contribution is -0.149. The Kier molecular flexibility index (Phi) is 5.59. The SMILES string of the molecule is CCOC(=O)C(/C=C/c1ccc(Cl)cc1)C(C)=O. The third-order valence-electron chi connectivity index (χ3n) is 2.33. The molecule has 0 spiro atoms. The van der Waals surface area contributed by atoms with Crippen LogP contribution in [0.1, 0.15) is 19.4 Å². The summed E-state index contributed by atoms with van der Waals surface area (Å²) < 4.78 is 4.84. The molecule has 0 fully saturated rings. The predicted octanol–water partition coefficient (Wildman–Crippen LogP) is 3.12. The number of hydrogen-bond acceptors (Lipinski definition) is 3. The van der Waals surface area contributed by atoms with Crippen LogP contribution in [0.3, 0.4) is 0 Å². The molecule has 0 aliphatic carbocycles. The molecule has 0 bridgehead atoms. The molecule has 0 aliphatic rings. The van der Waals surface area contributed by atoms with Crippen LogP contribution in [0.2, 0.25) is 5.02 Å². The average molecular weight is 267 g/mol. The maximum Gasteiger partial charge on any atom is 0.320 e. The zero-order valence-corrected chi connectivity index (χ0v) is 11.1. The van der Waals surface area contributed by atoms with Gasteiger partial charge < -0.3 is 4.74 Å². The summed E-state index contributed by atoms with van der Waals surface area (Å²) >= 11 is 5.76. The molecule has 1 aromatic carbocycles. The van der Waals surface area contributed by atoms with E-state index in [1.165, 1.54) is 6.92 Å². The summed E-state index contributed by atoms with van der Waals surface area (Å²) in [5, 5.41) is 0.640. The molecule has 0 N–H and O–H groups in total. The molecule has 0 radical (unpaired) electrons. The smallest absolute Gasteiger partial charge is 0.320 e. The first-order chi connectivity index (χ1) is 8.54. The molecule has 96 valence electrons. The van der Waals surface area contributed by atoms with Gasteiger partial charge >= 0.3 is 5.97 Å². The molecule has 0 saturated heterocycles. The van der Waals surface area contributed by atoms with E-state index in [1.54, 1.807) is 43.3 Å². The number of carbonyl (C=O) groups is 2. The quantitative estimate of drug-likeness (QED) is 0.607. The van der Waals surface area contributed by atoms with E-state index in [2.05, 4.69) is 0 Å². The second kappa shape index (κ2) is 6.97. The standard InChI is InChI=1S/C14H15ClO3/c1-3-18-14(17)13(10(2)16)9-6-11-4-7-12(15)8-5-11/h4-9,13H,3H2,1-2H3/b9-6+. The van der Waals surface area contributed by atoms with Gasteiger partial charge in [0, 0.05) is 5.02 Å². The molecule has 1 aromatic rings. The molecular formula is C14H15ClO3. The normalized spacial score (nSPS) is 12.4. The van der Waals surface area contributed by atoms with Gasteiger partial charge in [0.25, 0.3) is 0 Å². The highest BCUT2D eigenvalue weighted by atomic mass is 35.5. The number of carbonyl (C=O) groups excluding carboxylic acids is 2. The van der Waals surface area contributed by atoms with Gasteiger partial charge in [-0.2, -0.15) is 0 Å². The largest absolute Gasteiger partial charge is 0.465 e. The average Bonchev–Trinajstić information content (AvgIpc) is 2.31. The highest BCUT2D eigenvalue weighted by Gasteiger charge is 2.21. The van der Waals surface area contributed by atoms with Gasteiger partial charge in [-0.25, -0.2) is 0 Å². The van der Waals surface area contributed by atoms with Gasteiger partial charge in [-0.05, 0) is 31.5 Å². The van der Waals surface area contributed by atoms with E-state index >= 15 is 0 Å². The van der Waals surface area contributed by atoms with Crippen LogP contribution in [0, 0.1) is 5.92 Å². The van der Waals surface area contributed by atoms with Crippen LogP contribution in [-0.4, -0.2) is 18.4 Å². The van der Waals surface area contributed by atoms with E-state index in [0.717, 1.165) is 5.56 Å². The summed E-state index contributed by atoms with van der Waals surface area (Å²) in [6.45, 7) is 3.34. The van der Waals surface area contributed by atoms with E-state index in [1.807, 2.05) is 0 Å². The van der Waals surface area contributed by atoms with Crippen molar-refractivity contribution in [1.29, 1.82) is 0 Å². The van der Waals surface area contributed by atoms with Crippen molar-refractivity contribution in [2.24, 2.45) is 5.92 Å². The van der Waals surface area contributed by atoms with Crippen LogP contribution >= 0.6 is 11.6 Å². The highest BCUT2D eigenvalue weighted by molar-refractivity contribution is 6.30. The molecule has 0 saturated carbocycles. The predicted molar refractivity (Wildman–Crippen MR) is 71.3 cm³/mol. The highest BCUT2D eigenvalue weighted by Crippen LogP contribution is 2.13.